The summed E-state index contributed by atoms with van der Waals surface area (Å²) in [6.07, 6.45) is 0.889. The third kappa shape index (κ3) is 5.93. The van der Waals surface area contributed by atoms with Gasteiger partial charge in [-0.25, -0.2) is 4.79 Å². The normalized spacial score (nSPS) is 13.4. The van der Waals surface area contributed by atoms with Gasteiger partial charge in [0.2, 0.25) is 0 Å². The number of ether oxygens (including phenoxy) is 1. The monoisotopic (exact) mass is 280 g/mol. The van der Waals surface area contributed by atoms with E-state index < -0.39 is 0 Å². The molecule has 2 amide bonds. The van der Waals surface area contributed by atoms with Crippen molar-refractivity contribution in [3.63, 3.8) is 0 Å². The van der Waals surface area contributed by atoms with Crippen molar-refractivity contribution in [2.24, 2.45) is 5.92 Å². The van der Waals surface area contributed by atoms with E-state index in [1.165, 1.54) is 5.56 Å². The molecule has 2 unspecified atom stereocenters. The van der Waals surface area contributed by atoms with E-state index in [-0.39, 0.29) is 18.7 Å². The molecule has 20 heavy (non-hydrogen) atoms. The number of aliphatic hydroxyl groups excluding tert-OH is 1. The van der Waals surface area contributed by atoms with Gasteiger partial charge in [0.1, 0.15) is 5.75 Å². The van der Waals surface area contributed by atoms with Gasteiger partial charge in [-0.3, -0.25) is 0 Å². The van der Waals surface area contributed by atoms with E-state index in [4.69, 9.17) is 9.84 Å². The fourth-order valence-corrected chi connectivity index (χ4v) is 1.82. The molecule has 0 aliphatic carbocycles. The number of methoxy groups -OCH3 is 1. The number of amides is 2. The Bertz CT molecular complexity index is 406. The molecular formula is C15H24N2O3. The van der Waals surface area contributed by atoms with Crippen molar-refractivity contribution in [1.82, 2.24) is 10.6 Å². The lowest BCUT2D eigenvalue weighted by Crippen LogP contribution is -2.43. The SMILES string of the molecule is COc1ccc(CC(C)CNC(=O)NC(C)CO)cc1. The van der Waals surface area contributed by atoms with Crippen molar-refractivity contribution in [2.75, 3.05) is 20.3 Å². The minimum Gasteiger partial charge on any atom is -0.497 e. The molecule has 0 fully saturated rings. The van der Waals surface area contributed by atoms with Gasteiger partial charge in [-0.05, 0) is 37.0 Å². The molecule has 0 aromatic heterocycles. The first-order valence-electron chi connectivity index (χ1n) is 6.83. The maximum Gasteiger partial charge on any atom is 0.315 e. The molecule has 5 nitrogen and oxygen atoms in total. The Balaban J connectivity index is 2.32. The average molecular weight is 280 g/mol. The van der Waals surface area contributed by atoms with Gasteiger partial charge < -0.3 is 20.5 Å². The summed E-state index contributed by atoms with van der Waals surface area (Å²) in [5.74, 6) is 1.18. The van der Waals surface area contributed by atoms with E-state index in [1.54, 1.807) is 14.0 Å². The van der Waals surface area contributed by atoms with E-state index in [9.17, 15) is 4.79 Å². The number of hydrogen-bond acceptors (Lipinski definition) is 3. The van der Waals surface area contributed by atoms with Crippen LogP contribution in [0.1, 0.15) is 19.4 Å². The van der Waals surface area contributed by atoms with E-state index in [1.807, 2.05) is 24.3 Å². The molecule has 0 heterocycles. The number of urea groups is 1. The second-order valence-electron chi connectivity index (χ2n) is 5.10. The predicted octanol–water partition coefficient (Wildman–Crippen LogP) is 1.55. The Morgan fingerprint density at radius 1 is 1.30 bits per heavy atom. The molecule has 0 bridgehead atoms. The molecule has 3 N–H and O–H groups in total. The average Bonchev–Trinajstić information content (AvgIpc) is 2.45. The van der Waals surface area contributed by atoms with Gasteiger partial charge in [0.05, 0.1) is 19.8 Å². The Kier molecular flexibility index (Phi) is 6.87. The highest BCUT2D eigenvalue weighted by atomic mass is 16.5. The highest BCUT2D eigenvalue weighted by Gasteiger charge is 2.08. The third-order valence-corrected chi connectivity index (χ3v) is 3.01. The first-order valence-corrected chi connectivity index (χ1v) is 6.83. The van der Waals surface area contributed by atoms with E-state index >= 15 is 0 Å². The van der Waals surface area contributed by atoms with Crippen LogP contribution in [0.3, 0.4) is 0 Å². The van der Waals surface area contributed by atoms with Crippen LogP contribution in [0.15, 0.2) is 24.3 Å². The van der Waals surface area contributed by atoms with Crippen molar-refractivity contribution in [2.45, 2.75) is 26.3 Å². The first-order chi connectivity index (χ1) is 9.55. The Morgan fingerprint density at radius 2 is 1.95 bits per heavy atom. The molecular weight excluding hydrogens is 256 g/mol. The van der Waals surface area contributed by atoms with Crippen molar-refractivity contribution in [1.29, 1.82) is 0 Å². The van der Waals surface area contributed by atoms with Crippen LogP contribution in [-0.2, 0) is 6.42 Å². The topological polar surface area (TPSA) is 70.6 Å². The predicted molar refractivity (Wildman–Crippen MR) is 78.9 cm³/mol. The van der Waals surface area contributed by atoms with Gasteiger partial charge in [-0.2, -0.15) is 0 Å². The highest BCUT2D eigenvalue weighted by molar-refractivity contribution is 5.74. The van der Waals surface area contributed by atoms with Gasteiger partial charge in [0.15, 0.2) is 0 Å². The van der Waals surface area contributed by atoms with Crippen LogP contribution in [0.25, 0.3) is 0 Å². The van der Waals surface area contributed by atoms with Crippen LogP contribution in [0, 0.1) is 5.92 Å². The Labute approximate surface area is 120 Å². The lowest BCUT2D eigenvalue weighted by Gasteiger charge is -2.15. The number of hydrogen-bond donors (Lipinski definition) is 3. The second kappa shape index (κ2) is 8.43. The smallest absolute Gasteiger partial charge is 0.315 e. The first kappa shape index (κ1) is 16.3. The number of aliphatic hydroxyl groups is 1. The molecule has 1 rings (SSSR count). The standard InChI is InChI=1S/C15H24N2O3/c1-11(9-16-15(19)17-12(2)10-18)8-13-4-6-14(20-3)7-5-13/h4-7,11-12,18H,8-10H2,1-3H3,(H2,16,17,19). The molecule has 5 heteroatoms. The van der Waals surface area contributed by atoms with Crippen LogP contribution < -0.4 is 15.4 Å². The van der Waals surface area contributed by atoms with Gasteiger partial charge >= 0.3 is 6.03 Å². The maximum atomic E-state index is 11.5. The molecule has 2 atom stereocenters. The van der Waals surface area contributed by atoms with Crippen LogP contribution >= 0.6 is 0 Å². The molecule has 1 aromatic carbocycles. The zero-order valence-corrected chi connectivity index (χ0v) is 12.3. The van der Waals surface area contributed by atoms with Crippen LogP contribution in [-0.4, -0.2) is 37.4 Å². The lowest BCUT2D eigenvalue weighted by atomic mass is 10.0. The number of carbonyl (C=O) groups is 1. The zero-order valence-electron chi connectivity index (χ0n) is 12.3. The van der Waals surface area contributed by atoms with Crippen LogP contribution in [0.2, 0.25) is 0 Å². The fourth-order valence-electron chi connectivity index (χ4n) is 1.82. The number of carbonyl (C=O) groups excluding carboxylic acids is 1. The maximum absolute atomic E-state index is 11.5. The molecule has 0 saturated carbocycles. The molecule has 0 aliphatic rings. The lowest BCUT2D eigenvalue weighted by molar-refractivity contribution is 0.219. The quantitative estimate of drug-likeness (QED) is 0.710. The van der Waals surface area contributed by atoms with Crippen molar-refractivity contribution >= 4 is 6.03 Å². The third-order valence-electron chi connectivity index (χ3n) is 3.01. The van der Waals surface area contributed by atoms with Gasteiger partial charge in [0.25, 0.3) is 0 Å². The number of benzene rings is 1. The van der Waals surface area contributed by atoms with E-state index in [2.05, 4.69) is 17.6 Å². The van der Waals surface area contributed by atoms with Gasteiger partial charge in [0, 0.05) is 6.54 Å². The Hall–Kier alpha value is -1.75. The summed E-state index contributed by atoms with van der Waals surface area (Å²) in [6.45, 7) is 4.37. The van der Waals surface area contributed by atoms with E-state index in [0.29, 0.717) is 12.5 Å². The summed E-state index contributed by atoms with van der Waals surface area (Å²) < 4.78 is 5.11. The van der Waals surface area contributed by atoms with Crippen molar-refractivity contribution in [3.05, 3.63) is 29.8 Å². The molecule has 0 saturated heterocycles. The molecule has 112 valence electrons. The van der Waals surface area contributed by atoms with Gasteiger partial charge in [-0.1, -0.05) is 19.1 Å². The van der Waals surface area contributed by atoms with E-state index in [0.717, 1.165) is 12.2 Å². The molecule has 0 radical (unpaired) electrons. The summed E-state index contributed by atoms with van der Waals surface area (Å²) in [6, 6.07) is 7.46. The molecule has 0 spiro atoms. The summed E-state index contributed by atoms with van der Waals surface area (Å²) in [5, 5.41) is 14.3. The summed E-state index contributed by atoms with van der Waals surface area (Å²) in [7, 11) is 1.65. The van der Waals surface area contributed by atoms with Crippen LogP contribution in [0.4, 0.5) is 4.79 Å². The summed E-state index contributed by atoms with van der Waals surface area (Å²) >= 11 is 0. The van der Waals surface area contributed by atoms with Gasteiger partial charge in [-0.15, -0.1) is 0 Å². The largest absolute Gasteiger partial charge is 0.497 e. The summed E-state index contributed by atoms with van der Waals surface area (Å²) in [4.78, 5) is 11.5. The summed E-state index contributed by atoms with van der Waals surface area (Å²) in [5.41, 5.74) is 1.21. The Morgan fingerprint density at radius 3 is 2.50 bits per heavy atom. The zero-order chi connectivity index (χ0) is 15.0. The number of nitrogens with one attached hydrogen (secondary N) is 2. The molecule has 0 aliphatic heterocycles. The van der Waals surface area contributed by atoms with Crippen molar-refractivity contribution < 1.29 is 14.6 Å². The second-order valence-corrected chi connectivity index (χ2v) is 5.10. The minimum atomic E-state index is -0.242. The fraction of sp³-hybridized carbons (Fsp3) is 0.533. The number of rotatable bonds is 7. The van der Waals surface area contributed by atoms with Crippen molar-refractivity contribution in [3.8, 4) is 5.75 Å². The minimum absolute atomic E-state index is 0.0607. The highest BCUT2D eigenvalue weighted by Crippen LogP contribution is 2.14. The molecule has 1 aromatic rings. The van der Waals surface area contributed by atoms with Crippen LogP contribution in [0.5, 0.6) is 5.75 Å².